The molecule has 1 spiro atoms. The topological polar surface area (TPSA) is 80.3 Å². The van der Waals surface area contributed by atoms with Gasteiger partial charge in [0.1, 0.15) is 0 Å². The van der Waals surface area contributed by atoms with Gasteiger partial charge in [-0.05, 0) is 52.4 Å². The lowest BCUT2D eigenvalue weighted by Crippen LogP contribution is -2.70. The van der Waals surface area contributed by atoms with Gasteiger partial charge in [-0.1, -0.05) is 6.92 Å². The summed E-state index contributed by atoms with van der Waals surface area (Å²) in [5.74, 6) is -1.51. The lowest BCUT2D eigenvalue weighted by atomic mass is 9.56. The van der Waals surface area contributed by atoms with Gasteiger partial charge in [-0.2, -0.15) is 0 Å². The number of esters is 2. The maximum atomic E-state index is 13.0. The molecule has 7 heteroatoms. The van der Waals surface area contributed by atoms with Gasteiger partial charge >= 0.3 is 11.9 Å². The van der Waals surface area contributed by atoms with Gasteiger partial charge in [-0.15, -0.1) is 0 Å². The van der Waals surface area contributed by atoms with E-state index in [9.17, 15) is 9.59 Å². The lowest BCUT2D eigenvalue weighted by Gasteiger charge is -2.58. The predicted molar refractivity (Wildman–Crippen MR) is 92.8 cm³/mol. The van der Waals surface area contributed by atoms with Crippen molar-refractivity contribution in [3.8, 4) is 0 Å². The van der Waals surface area contributed by atoms with Crippen LogP contribution in [0.2, 0.25) is 0 Å². The summed E-state index contributed by atoms with van der Waals surface area (Å²) in [6, 6.07) is 0. The van der Waals surface area contributed by atoms with E-state index in [1.807, 2.05) is 6.92 Å². The van der Waals surface area contributed by atoms with Gasteiger partial charge in [0, 0.05) is 18.3 Å². The maximum Gasteiger partial charge on any atom is 0.311 e. The van der Waals surface area contributed by atoms with Gasteiger partial charge in [0.05, 0.1) is 18.4 Å². The maximum absolute atomic E-state index is 13.0. The molecule has 4 saturated heterocycles. The van der Waals surface area contributed by atoms with E-state index in [2.05, 4.69) is 6.92 Å². The van der Waals surface area contributed by atoms with Crippen LogP contribution >= 0.6 is 0 Å². The average molecular weight is 382 g/mol. The Labute approximate surface area is 159 Å². The quantitative estimate of drug-likeness (QED) is 0.548. The van der Waals surface area contributed by atoms with Crippen molar-refractivity contribution < 1.29 is 33.6 Å². The van der Waals surface area contributed by atoms with Gasteiger partial charge < -0.3 is 14.2 Å². The van der Waals surface area contributed by atoms with E-state index >= 15 is 0 Å². The minimum Gasteiger partial charge on any atom is -0.469 e. The van der Waals surface area contributed by atoms with Gasteiger partial charge in [0.25, 0.3) is 0 Å². The third-order valence-electron chi connectivity index (χ3n) is 7.26. The summed E-state index contributed by atoms with van der Waals surface area (Å²) in [6.45, 7) is 7.66. The monoisotopic (exact) mass is 382 g/mol. The van der Waals surface area contributed by atoms with Crippen molar-refractivity contribution in [2.24, 2.45) is 29.1 Å². The van der Waals surface area contributed by atoms with Crippen LogP contribution in [0.25, 0.3) is 0 Å². The first-order chi connectivity index (χ1) is 12.6. The van der Waals surface area contributed by atoms with Crippen molar-refractivity contribution in [1.29, 1.82) is 0 Å². The van der Waals surface area contributed by atoms with Gasteiger partial charge in [-0.25, -0.2) is 9.78 Å². The molecule has 0 aromatic heterocycles. The normalized spacial score (nSPS) is 46.3. The molecule has 0 radical (unpaired) electrons. The van der Waals surface area contributed by atoms with Gasteiger partial charge in [-0.3, -0.25) is 9.59 Å². The van der Waals surface area contributed by atoms with E-state index in [4.69, 9.17) is 24.0 Å². The fraction of sp³-hybridized carbons (Fsp3) is 0.900. The first-order valence-corrected chi connectivity index (χ1v) is 9.96. The number of carbonyl (C=O) groups excluding carboxylic acids is 2. The molecule has 2 bridgehead atoms. The van der Waals surface area contributed by atoms with E-state index in [1.165, 1.54) is 7.11 Å². The molecule has 27 heavy (non-hydrogen) atoms. The molecule has 0 amide bonds. The van der Waals surface area contributed by atoms with Crippen LogP contribution in [-0.4, -0.2) is 36.7 Å². The lowest BCUT2D eigenvalue weighted by molar-refractivity contribution is -0.559. The average Bonchev–Trinajstić information content (AvgIpc) is 2.84. The van der Waals surface area contributed by atoms with Crippen LogP contribution in [-0.2, 0) is 33.6 Å². The Morgan fingerprint density at radius 3 is 2.67 bits per heavy atom. The Hall–Kier alpha value is -1.18. The number of fused-ring (bicyclic) bond motifs is 2. The highest BCUT2D eigenvalue weighted by Crippen LogP contribution is 2.60. The molecule has 1 saturated carbocycles. The van der Waals surface area contributed by atoms with Crippen molar-refractivity contribution in [2.45, 2.75) is 77.5 Å². The zero-order valence-electron chi connectivity index (χ0n) is 16.8. The third-order valence-corrected chi connectivity index (χ3v) is 7.26. The van der Waals surface area contributed by atoms with Gasteiger partial charge in [0.2, 0.25) is 12.1 Å². The molecule has 7 nitrogen and oxygen atoms in total. The first kappa shape index (κ1) is 19.2. The van der Waals surface area contributed by atoms with Crippen LogP contribution in [0.5, 0.6) is 0 Å². The van der Waals surface area contributed by atoms with Crippen molar-refractivity contribution in [3.63, 3.8) is 0 Å². The number of hydrogen-bond acceptors (Lipinski definition) is 7. The minimum absolute atomic E-state index is 0.114. The molecule has 5 aliphatic rings. The summed E-state index contributed by atoms with van der Waals surface area (Å²) in [5.41, 5.74) is -1.60. The van der Waals surface area contributed by atoms with Crippen LogP contribution in [0, 0.1) is 29.1 Å². The summed E-state index contributed by atoms with van der Waals surface area (Å²) < 4.78 is 16.9. The minimum atomic E-state index is -0.893. The molecule has 1 unspecified atom stereocenters. The zero-order chi connectivity index (χ0) is 19.6. The highest BCUT2D eigenvalue weighted by atomic mass is 17.3. The molecule has 5 fully saturated rings. The van der Waals surface area contributed by atoms with E-state index in [0.29, 0.717) is 18.8 Å². The van der Waals surface area contributed by atoms with Crippen molar-refractivity contribution in [3.05, 3.63) is 0 Å². The number of carbonyl (C=O) groups is 2. The second-order valence-corrected chi connectivity index (χ2v) is 9.53. The number of hydrogen-bond donors (Lipinski definition) is 0. The standard InChI is InChI=1S/C20H30O7/c1-11-6-7-14-12(10-18(2,3)16(22)23-5)15(21)24-17-20(14)13(11)8-9-19(4,25-17)26-27-20/h11-14,17H,6-10H2,1-5H3/t11-,12?,13+,14+,17-,19-,20-/m1/s1. The third kappa shape index (κ3) is 2.73. The smallest absolute Gasteiger partial charge is 0.311 e. The summed E-state index contributed by atoms with van der Waals surface area (Å²) in [6.07, 6.45) is 3.00. The van der Waals surface area contributed by atoms with Crippen LogP contribution < -0.4 is 0 Å². The predicted octanol–water partition coefficient (Wildman–Crippen LogP) is 2.96. The van der Waals surface area contributed by atoms with E-state index in [1.54, 1.807) is 13.8 Å². The largest absolute Gasteiger partial charge is 0.469 e. The molecule has 0 N–H and O–H groups in total. The first-order valence-electron chi connectivity index (χ1n) is 9.96. The second kappa shape index (κ2) is 6.16. The van der Waals surface area contributed by atoms with Crippen LogP contribution in [0.3, 0.4) is 0 Å². The molecule has 4 aliphatic heterocycles. The van der Waals surface area contributed by atoms with Crippen molar-refractivity contribution in [2.75, 3.05) is 7.11 Å². The molecule has 5 rings (SSSR count). The van der Waals surface area contributed by atoms with Crippen LogP contribution in [0.15, 0.2) is 0 Å². The Morgan fingerprint density at radius 1 is 1.22 bits per heavy atom. The fourth-order valence-electron chi connectivity index (χ4n) is 5.75. The van der Waals surface area contributed by atoms with E-state index in [0.717, 1.165) is 19.3 Å². The highest BCUT2D eigenvalue weighted by molar-refractivity contribution is 5.79. The molecular weight excluding hydrogens is 352 g/mol. The Morgan fingerprint density at radius 2 is 1.96 bits per heavy atom. The van der Waals surface area contributed by atoms with Gasteiger partial charge in [0.15, 0.2) is 5.60 Å². The number of ether oxygens (including phenoxy) is 3. The number of methoxy groups -OCH3 is 1. The Balaban J connectivity index is 1.72. The molecule has 0 aromatic carbocycles. The summed E-state index contributed by atoms with van der Waals surface area (Å²) in [4.78, 5) is 37.0. The Bertz CT molecular complexity index is 646. The fourth-order valence-corrected chi connectivity index (χ4v) is 5.75. The molecule has 1 aliphatic carbocycles. The molecule has 152 valence electrons. The highest BCUT2D eigenvalue weighted by Gasteiger charge is 2.71. The van der Waals surface area contributed by atoms with E-state index < -0.39 is 29.0 Å². The molecule has 4 heterocycles. The van der Waals surface area contributed by atoms with Crippen molar-refractivity contribution in [1.82, 2.24) is 0 Å². The summed E-state index contributed by atoms with van der Waals surface area (Å²) in [7, 11) is 1.37. The summed E-state index contributed by atoms with van der Waals surface area (Å²) >= 11 is 0. The second-order valence-electron chi connectivity index (χ2n) is 9.53. The molecular formula is C20H30O7. The van der Waals surface area contributed by atoms with E-state index in [-0.39, 0.29) is 23.8 Å². The molecule has 0 aromatic rings. The summed E-state index contributed by atoms with van der Waals surface area (Å²) in [5, 5.41) is 0. The van der Waals surface area contributed by atoms with Crippen molar-refractivity contribution >= 4 is 11.9 Å². The zero-order valence-corrected chi connectivity index (χ0v) is 16.8. The van der Waals surface area contributed by atoms with Crippen LogP contribution in [0.1, 0.15) is 59.8 Å². The Kier molecular flexibility index (Phi) is 4.37. The number of rotatable bonds is 3. The molecule has 7 atom stereocenters. The SMILES string of the molecule is COC(=O)C(C)(C)CC1C(=O)O[C@@H]2O[C@@]3(C)CC[C@H]4[C@H](C)CC[C@@H]1[C@@]24OO3. The van der Waals surface area contributed by atoms with Crippen LogP contribution in [0.4, 0.5) is 0 Å².